The molecule has 0 saturated carbocycles. The maximum absolute atomic E-state index is 13.1. The Balaban J connectivity index is 0.00000124. The minimum absolute atomic E-state index is 0.119. The quantitative estimate of drug-likeness (QED) is 0.138. The Hall–Kier alpha value is -2.97. The fraction of sp³-hybridized carbons (Fsp3) is 0.581. The summed E-state index contributed by atoms with van der Waals surface area (Å²) >= 11 is 0. The van der Waals surface area contributed by atoms with Crippen LogP contribution in [0.1, 0.15) is 95.4 Å². The molecule has 1 atom stereocenters. The maximum Gasteiger partial charge on any atom is 0.254 e. The molecule has 220 valence electrons. The van der Waals surface area contributed by atoms with Crippen molar-refractivity contribution in [2.45, 2.75) is 92.8 Å². The Morgan fingerprint density at radius 1 is 1.15 bits per heavy atom. The van der Waals surface area contributed by atoms with E-state index in [1.54, 1.807) is 17.3 Å². The number of hydrogen-bond donors (Lipinski definition) is 3. The lowest BCUT2D eigenvalue weighted by molar-refractivity contribution is 0.0764. The molecule has 4 N–H and O–H groups in total. The predicted octanol–water partition coefficient (Wildman–Crippen LogP) is 5.99. The zero-order valence-electron chi connectivity index (χ0n) is 25.7. The fourth-order valence-electron chi connectivity index (χ4n) is 3.61. The summed E-state index contributed by atoms with van der Waals surface area (Å²) in [6, 6.07) is 8.46. The fourth-order valence-corrected chi connectivity index (χ4v) is 3.61. The molecule has 0 saturated heterocycles. The summed E-state index contributed by atoms with van der Waals surface area (Å²) in [6.45, 7) is 20.0. The van der Waals surface area contributed by atoms with Crippen molar-refractivity contribution < 1.29 is 4.79 Å². The van der Waals surface area contributed by atoms with E-state index in [1.807, 2.05) is 38.1 Å². The van der Waals surface area contributed by atoms with Crippen LogP contribution in [0.4, 0.5) is 0 Å². The van der Waals surface area contributed by atoms with Gasteiger partial charge in [0.2, 0.25) is 0 Å². The van der Waals surface area contributed by atoms with Gasteiger partial charge in [-0.2, -0.15) is 0 Å². The van der Waals surface area contributed by atoms with Gasteiger partial charge in [0.1, 0.15) is 11.7 Å². The largest absolute Gasteiger partial charge is 0.386 e. The van der Waals surface area contributed by atoms with Gasteiger partial charge < -0.3 is 25.8 Å². The van der Waals surface area contributed by atoms with Crippen molar-refractivity contribution >= 4 is 11.7 Å². The Morgan fingerprint density at radius 2 is 1.85 bits per heavy atom. The van der Waals surface area contributed by atoms with Gasteiger partial charge in [0.15, 0.2) is 0 Å². The monoisotopic (exact) mass is 541 g/mol. The minimum atomic E-state index is -0.119. The van der Waals surface area contributed by atoms with Crippen molar-refractivity contribution in [1.82, 2.24) is 25.1 Å². The molecular formula is C31H55N7O. The molecule has 0 radical (unpaired) electrons. The summed E-state index contributed by atoms with van der Waals surface area (Å²) in [5.74, 6) is 0.895. The summed E-state index contributed by atoms with van der Waals surface area (Å²) in [7, 11) is 2.13. The summed E-state index contributed by atoms with van der Waals surface area (Å²) in [5, 5.41) is 3.38. The van der Waals surface area contributed by atoms with Gasteiger partial charge in [0.05, 0.1) is 13.1 Å². The van der Waals surface area contributed by atoms with Crippen molar-refractivity contribution in [3.05, 3.63) is 66.4 Å². The van der Waals surface area contributed by atoms with E-state index in [2.05, 4.69) is 66.5 Å². The number of amidine groups is 1. The Morgan fingerprint density at radius 3 is 2.38 bits per heavy atom. The van der Waals surface area contributed by atoms with Crippen LogP contribution in [0, 0.1) is 0 Å². The number of H-pyrrole nitrogens is 1. The number of carbonyl (C=O) groups excluding carboxylic acids is 1. The highest BCUT2D eigenvalue weighted by atomic mass is 16.2. The van der Waals surface area contributed by atoms with E-state index in [0.717, 1.165) is 19.6 Å². The number of carbonyl (C=O) groups is 1. The number of nitrogens with zero attached hydrogens (tertiary/aromatic N) is 4. The second kappa shape index (κ2) is 23.0. The SMILES string of the molecule is C=CN=C(N)CN(Cc1ncc[nH]1)C(=O)c1ccc(CN(C)CCCCC)cc1.CC.CCCNC(C)CC. The van der Waals surface area contributed by atoms with E-state index in [-0.39, 0.29) is 12.5 Å². The average Bonchev–Trinajstić information content (AvgIpc) is 3.46. The first-order valence-corrected chi connectivity index (χ1v) is 14.6. The highest BCUT2D eigenvalue weighted by Crippen LogP contribution is 2.12. The summed E-state index contributed by atoms with van der Waals surface area (Å²) in [6.07, 6.45) is 10.9. The second-order valence-corrected chi connectivity index (χ2v) is 9.41. The van der Waals surface area contributed by atoms with Crippen molar-refractivity contribution in [2.24, 2.45) is 10.7 Å². The first-order chi connectivity index (χ1) is 18.8. The van der Waals surface area contributed by atoms with Gasteiger partial charge in [-0.25, -0.2) is 9.98 Å². The Labute approximate surface area is 238 Å². The molecule has 1 unspecified atom stereocenters. The number of hydrogen-bond acceptors (Lipinski definition) is 5. The minimum Gasteiger partial charge on any atom is -0.386 e. The first-order valence-electron chi connectivity index (χ1n) is 14.6. The molecule has 1 heterocycles. The Bertz CT molecular complexity index is 894. The van der Waals surface area contributed by atoms with Gasteiger partial charge in [0.25, 0.3) is 5.91 Å². The number of nitrogens with two attached hydrogens (primary N) is 1. The van der Waals surface area contributed by atoms with Gasteiger partial charge in [-0.3, -0.25) is 4.79 Å². The zero-order valence-corrected chi connectivity index (χ0v) is 25.7. The molecule has 39 heavy (non-hydrogen) atoms. The molecule has 1 amide bonds. The van der Waals surface area contributed by atoms with Crippen LogP contribution in [0.25, 0.3) is 0 Å². The van der Waals surface area contributed by atoms with Crippen LogP contribution >= 0.6 is 0 Å². The van der Waals surface area contributed by atoms with Crippen LogP contribution in [0.5, 0.6) is 0 Å². The average molecular weight is 542 g/mol. The molecule has 8 nitrogen and oxygen atoms in total. The highest BCUT2D eigenvalue weighted by Gasteiger charge is 2.18. The maximum atomic E-state index is 13.1. The van der Waals surface area contributed by atoms with Gasteiger partial charge in [-0.05, 0) is 64.0 Å². The molecular weight excluding hydrogens is 486 g/mol. The number of aromatic nitrogens is 2. The summed E-state index contributed by atoms with van der Waals surface area (Å²) in [5.41, 5.74) is 7.70. The third-order valence-corrected chi connectivity index (χ3v) is 5.94. The molecule has 1 aromatic carbocycles. The van der Waals surface area contributed by atoms with E-state index in [0.29, 0.717) is 29.8 Å². The van der Waals surface area contributed by atoms with Crippen LogP contribution in [0.3, 0.4) is 0 Å². The van der Waals surface area contributed by atoms with Crippen LogP contribution in [0.15, 0.2) is 54.4 Å². The van der Waals surface area contributed by atoms with Crippen LogP contribution in [0.2, 0.25) is 0 Å². The van der Waals surface area contributed by atoms with E-state index >= 15 is 0 Å². The van der Waals surface area contributed by atoms with Gasteiger partial charge in [-0.1, -0.05) is 66.2 Å². The van der Waals surface area contributed by atoms with Crippen molar-refractivity contribution in [3.63, 3.8) is 0 Å². The molecule has 0 bridgehead atoms. The predicted molar refractivity (Wildman–Crippen MR) is 167 cm³/mol. The Kier molecular flexibility index (Phi) is 21.2. The van der Waals surface area contributed by atoms with E-state index in [4.69, 9.17) is 5.73 Å². The number of nitrogens with one attached hydrogen (secondary N) is 2. The lowest BCUT2D eigenvalue weighted by Gasteiger charge is -2.22. The van der Waals surface area contributed by atoms with Crippen LogP contribution in [-0.2, 0) is 13.1 Å². The number of aromatic amines is 1. The molecule has 2 rings (SSSR count). The molecule has 0 spiro atoms. The molecule has 8 heteroatoms. The number of benzene rings is 1. The van der Waals surface area contributed by atoms with Crippen molar-refractivity contribution in [1.29, 1.82) is 0 Å². The molecule has 0 fully saturated rings. The number of amides is 1. The number of rotatable bonds is 16. The van der Waals surface area contributed by atoms with Crippen LogP contribution < -0.4 is 11.1 Å². The van der Waals surface area contributed by atoms with Crippen LogP contribution in [-0.4, -0.2) is 64.2 Å². The van der Waals surface area contributed by atoms with Gasteiger partial charge in [-0.15, -0.1) is 0 Å². The normalized spacial score (nSPS) is 11.6. The molecule has 2 aromatic rings. The van der Waals surface area contributed by atoms with Gasteiger partial charge in [0, 0.05) is 36.7 Å². The topological polar surface area (TPSA) is 103 Å². The third kappa shape index (κ3) is 16.6. The van der Waals surface area contributed by atoms with E-state index < -0.39 is 0 Å². The summed E-state index contributed by atoms with van der Waals surface area (Å²) in [4.78, 5) is 28.2. The van der Waals surface area contributed by atoms with Crippen molar-refractivity contribution in [2.75, 3.05) is 26.7 Å². The highest BCUT2D eigenvalue weighted by molar-refractivity contribution is 5.97. The van der Waals surface area contributed by atoms with E-state index in [9.17, 15) is 4.79 Å². The molecule has 0 aliphatic carbocycles. The number of imidazole rings is 1. The first kappa shape index (κ1) is 36.0. The lowest BCUT2D eigenvalue weighted by atomic mass is 10.1. The summed E-state index contributed by atoms with van der Waals surface area (Å²) < 4.78 is 0. The van der Waals surface area contributed by atoms with Crippen molar-refractivity contribution in [3.8, 4) is 0 Å². The number of aliphatic imine (C=N–C) groups is 1. The molecule has 1 aromatic heterocycles. The zero-order chi connectivity index (χ0) is 29.5. The third-order valence-electron chi connectivity index (χ3n) is 5.94. The molecule has 0 aliphatic rings. The standard InChI is InChI=1S/C22H32N6O.C7H17N.C2H6/c1-4-6-7-14-27(3)15-18-8-10-19(11-9-18)22(29)28(16-20(23)24-5-2)17-21-25-12-13-26-21;1-4-6-8-7(3)5-2;1-2/h5,8-13H,2,4,6-7,14-17H2,1,3H3,(H2,23,24)(H,25,26);7-8H,4-6H2,1-3H3;1-2H3. The second-order valence-electron chi connectivity index (χ2n) is 9.41. The lowest BCUT2D eigenvalue weighted by Crippen LogP contribution is -2.38. The molecule has 0 aliphatic heterocycles. The van der Waals surface area contributed by atoms with E-state index in [1.165, 1.54) is 43.9 Å². The smallest absolute Gasteiger partial charge is 0.254 e. The van der Waals surface area contributed by atoms with Gasteiger partial charge >= 0.3 is 0 Å². The number of unbranched alkanes of at least 4 members (excludes halogenated alkanes) is 2.